The van der Waals surface area contributed by atoms with Gasteiger partial charge in [-0.05, 0) is 37.5 Å². The quantitative estimate of drug-likeness (QED) is 0.328. The molecule has 28 heavy (non-hydrogen) atoms. The Kier molecular flexibility index (Phi) is 10.9. The molecule has 0 amide bonds. The van der Waals surface area contributed by atoms with Crippen molar-refractivity contribution in [1.29, 1.82) is 0 Å². The van der Waals surface area contributed by atoms with Crippen molar-refractivity contribution >= 4 is 41.5 Å². The van der Waals surface area contributed by atoms with Crippen LogP contribution in [-0.4, -0.2) is 69.5 Å². The molecule has 0 saturated carbocycles. The summed E-state index contributed by atoms with van der Waals surface area (Å²) < 4.78 is 11.2. The van der Waals surface area contributed by atoms with E-state index in [4.69, 9.17) is 26.1 Å². The highest BCUT2D eigenvalue weighted by Crippen LogP contribution is 2.24. The molecule has 2 aliphatic rings. The molecule has 0 aromatic heterocycles. The molecule has 6 nitrogen and oxygen atoms in total. The first-order chi connectivity index (χ1) is 13.3. The van der Waals surface area contributed by atoms with Gasteiger partial charge in [0, 0.05) is 37.8 Å². The number of guanidine groups is 1. The van der Waals surface area contributed by atoms with Gasteiger partial charge in [-0.3, -0.25) is 9.89 Å². The van der Waals surface area contributed by atoms with Crippen LogP contribution >= 0.6 is 35.6 Å². The summed E-state index contributed by atoms with van der Waals surface area (Å²) >= 11 is 6.08. The minimum Gasteiger partial charge on any atom is -0.379 e. The monoisotopic (exact) mass is 522 g/mol. The number of halogens is 2. The average Bonchev–Trinajstić information content (AvgIpc) is 3.22. The van der Waals surface area contributed by atoms with Crippen molar-refractivity contribution in [3.8, 4) is 0 Å². The molecule has 2 fully saturated rings. The van der Waals surface area contributed by atoms with Crippen molar-refractivity contribution in [2.24, 2.45) is 4.99 Å². The predicted octanol–water partition coefficient (Wildman–Crippen LogP) is 3.07. The minimum absolute atomic E-state index is 0. The van der Waals surface area contributed by atoms with Crippen LogP contribution in [0.2, 0.25) is 5.02 Å². The molecule has 0 aliphatic carbocycles. The van der Waals surface area contributed by atoms with Gasteiger partial charge in [-0.15, -0.1) is 24.0 Å². The van der Waals surface area contributed by atoms with Gasteiger partial charge in [-0.1, -0.05) is 23.7 Å². The van der Waals surface area contributed by atoms with Crippen molar-refractivity contribution in [3.05, 3.63) is 34.9 Å². The first kappa shape index (κ1) is 23.7. The number of aliphatic imine (C=N–C) groups is 1. The average molecular weight is 523 g/mol. The Morgan fingerprint density at radius 1 is 1.21 bits per heavy atom. The second-order valence-electron chi connectivity index (χ2n) is 6.95. The van der Waals surface area contributed by atoms with Gasteiger partial charge in [0.15, 0.2) is 5.96 Å². The van der Waals surface area contributed by atoms with Crippen LogP contribution < -0.4 is 10.6 Å². The summed E-state index contributed by atoms with van der Waals surface area (Å²) in [6, 6.07) is 8.32. The van der Waals surface area contributed by atoms with Gasteiger partial charge in [-0.2, -0.15) is 0 Å². The number of hydrogen-bond acceptors (Lipinski definition) is 4. The van der Waals surface area contributed by atoms with Crippen LogP contribution in [0.15, 0.2) is 29.3 Å². The summed E-state index contributed by atoms with van der Waals surface area (Å²) in [5.41, 5.74) is 1.24. The molecule has 2 heterocycles. The van der Waals surface area contributed by atoms with E-state index >= 15 is 0 Å². The number of rotatable bonds is 7. The van der Waals surface area contributed by atoms with E-state index in [1.54, 1.807) is 0 Å². The summed E-state index contributed by atoms with van der Waals surface area (Å²) in [5, 5.41) is 7.53. The highest BCUT2D eigenvalue weighted by molar-refractivity contribution is 14.0. The summed E-state index contributed by atoms with van der Waals surface area (Å²) in [5.74, 6) is 0.847. The Hall–Kier alpha value is -0.610. The molecule has 1 aromatic carbocycles. The van der Waals surface area contributed by atoms with E-state index in [9.17, 15) is 0 Å². The molecule has 0 spiro atoms. The first-order valence-corrected chi connectivity index (χ1v) is 10.3. The molecule has 158 valence electrons. The highest BCUT2D eigenvalue weighted by Gasteiger charge is 2.23. The molecule has 2 N–H and O–H groups in total. The van der Waals surface area contributed by atoms with Crippen LogP contribution in [0.25, 0.3) is 0 Å². The van der Waals surface area contributed by atoms with Crippen molar-refractivity contribution in [2.45, 2.75) is 31.9 Å². The minimum atomic E-state index is 0. The van der Waals surface area contributed by atoms with Gasteiger partial charge in [-0.25, -0.2) is 0 Å². The Labute approximate surface area is 190 Å². The van der Waals surface area contributed by atoms with Gasteiger partial charge in [0.05, 0.1) is 31.9 Å². The number of nitrogens with zero attached hydrogens (tertiary/aromatic N) is 2. The van der Waals surface area contributed by atoms with E-state index in [1.807, 2.05) is 12.1 Å². The lowest BCUT2D eigenvalue weighted by molar-refractivity contribution is 0.0179. The highest BCUT2D eigenvalue weighted by atomic mass is 127. The summed E-state index contributed by atoms with van der Waals surface area (Å²) in [6.07, 6.45) is 2.56. The second-order valence-corrected chi connectivity index (χ2v) is 7.39. The zero-order valence-electron chi connectivity index (χ0n) is 16.5. The third kappa shape index (κ3) is 7.33. The van der Waals surface area contributed by atoms with Crippen LogP contribution in [0, 0.1) is 0 Å². The third-order valence-corrected chi connectivity index (χ3v) is 5.28. The van der Waals surface area contributed by atoms with Crippen LogP contribution in [0.5, 0.6) is 0 Å². The molecule has 1 aromatic rings. The summed E-state index contributed by atoms with van der Waals surface area (Å²) in [7, 11) is 0. The molecule has 2 unspecified atom stereocenters. The fraction of sp³-hybridized carbons (Fsp3) is 0.650. The lowest BCUT2D eigenvalue weighted by Gasteiger charge is -2.34. The number of ether oxygens (including phenoxy) is 2. The van der Waals surface area contributed by atoms with Gasteiger partial charge in [0.2, 0.25) is 0 Å². The third-order valence-electron chi connectivity index (χ3n) is 5.03. The van der Waals surface area contributed by atoms with Gasteiger partial charge in [0.1, 0.15) is 0 Å². The Balaban J connectivity index is 0.00000280. The topological polar surface area (TPSA) is 58.1 Å². The Morgan fingerprint density at radius 2 is 1.96 bits per heavy atom. The molecule has 0 radical (unpaired) electrons. The van der Waals surface area contributed by atoms with Crippen LogP contribution in [-0.2, 0) is 9.47 Å². The van der Waals surface area contributed by atoms with E-state index < -0.39 is 0 Å². The zero-order valence-corrected chi connectivity index (χ0v) is 19.6. The number of morpholine rings is 1. The maximum atomic E-state index is 6.08. The fourth-order valence-corrected chi connectivity index (χ4v) is 3.67. The first-order valence-electron chi connectivity index (χ1n) is 9.97. The van der Waals surface area contributed by atoms with Crippen LogP contribution in [0.1, 0.15) is 31.4 Å². The van der Waals surface area contributed by atoms with Crippen molar-refractivity contribution in [1.82, 2.24) is 15.5 Å². The van der Waals surface area contributed by atoms with Crippen LogP contribution in [0.3, 0.4) is 0 Å². The second kappa shape index (κ2) is 12.8. The molecule has 0 bridgehead atoms. The van der Waals surface area contributed by atoms with Crippen molar-refractivity contribution < 1.29 is 9.47 Å². The molecular weight excluding hydrogens is 491 g/mol. The van der Waals surface area contributed by atoms with E-state index in [2.05, 4.69) is 34.6 Å². The molecule has 2 atom stereocenters. The smallest absolute Gasteiger partial charge is 0.191 e. The van der Waals surface area contributed by atoms with Crippen molar-refractivity contribution in [2.75, 3.05) is 52.5 Å². The predicted molar refractivity (Wildman–Crippen MR) is 125 cm³/mol. The van der Waals surface area contributed by atoms with E-state index in [-0.39, 0.29) is 30.0 Å². The molecule has 2 saturated heterocycles. The Morgan fingerprint density at radius 3 is 2.61 bits per heavy atom. The molecule has 2 aliphatic heterocycles. The number of benzene rings is 1. The van der Waals surface area contributed by atoms with Gasteiger partial charge >= 0.3 is 0 Å². The zero-order chi connectivity index (χ0) is 18.9. The largest absolute Gasteiger partial charge is 0.379 e. The van der Waals surface area contributed by atoms with E-state index in [0.29, 0.717) is 12.6 Å². The fourth-order valence-electron chi connectivity index (χ4n) is 3.54. The molecule has 8 heteroatoms. The Bertz CT molecular complexity index is 590. The number of nitrogens with one attached hydrogen (secondary N) is 2. The lowest BCUT2D eigenvalue weighted by Crippen LogP contribution is -2.43. The van der Waals surface area contributed by atoms with Gasteiger partial charge in [0.25, 0.3) is 0 Å². The van der Waals surface area contributed by atoms with E-state index in [0.717, 1.165) is 69.8 Å². The summed E-state index contributed by atoms with van der Waals surface area (Å²) in [6.45, 7) is 8.65. The lowest BCUT2D eigenvalue weighted by atomic mass is 10.0. The van der Waals surface area contributed by atoms with Crippen molar-refractivity contribution in [3.63, 3.8) is 0 Å². The summed E-state index contributed by atoms with van der Waals surface area (Å²) in [4.78, 5) is 7.32. The maximum absolute atomic E-state index is 6.08. The van der Waals surface area contributed by atoms with E-state index in [1.165, 1.54) is 5.56 Å². The number of hydrogen-bond donors (Lipinski definition) is 2. The molecule has 3 rings (SSSR count). The maximum Gasteiger partial charge on any atom is 0.191 e. The normalized spacial score (nSPS) is 21.8. The van der Waals surface area contributed by atoms with Crippen LogP contribution in [0.4, 0.5) is 0 Å². The standard InChI is InChI=1S/C20H31ClN4O2.HI/c1-2-22-20(23-14-18-4-3-11-27-18)24-15-19(25-9-12-26-13-10-25)16-5-7-17(21)8-6-16;/h5-8,18-19H,2-4,9-15H2,1H3,(H2,22,23,24);1H. The molecular formula is C20H32ClIN4O2. The SMILES string of the molecule is CCNC(=NCC(c1ccc(Cl)cc1)N1CCOCC1)NCC1CCCO1.I. The van der Waals surface area contributed by atoms with Gasteiger partial charge < -0.3 is 20.1 Å².